The van der Waals surface area contributed by atoms with E-state index >= 15 is 0 Å². The van der Waals surface area contributed by atoms with Crippen LogP contribution in [0.3, 0.4) is 0 Å². The van der Waals surface area contributed by atoms with E-state index in [1.54, 1.807) is 13.0 Å². The van der Waals surface area contributed by atoms with Gasteiger partial charge in [-0.3, -0.25) is 0 Å². The zero-order chi connectivity index (χ0) is 18.0. The van der Waals surface area contributed by atoms with Gasteiger partial charge in [0, 0.05) is 12.1 Å². The molecule has 0 fully saturated rings. The Kier molecular flexibility index (Phi) is 6.41. The number of sulfonamides is 1. The van der Waals surface area contributed by atoms with Crippen molar-refractivity contribution in [2.24, 2.45) is 16.5 Å². The van der Waals surface area contributed by atoms with Gasteiger partial charge in [0.05, 0.1) is 4.90 Å². The van der Waals surface area contributed by atoms with E-state index in [1.165, 1.54) is 0 Å². The van der Waals surface area contributed by atoms with Gasteiger partial charge in [-0.25, -0.2) is 13.6 Å². The van der Waals surface area contributed by atoms with Gasteiger partial charge in [0.1, 0.15) is 0 Å². The number of hydrogen-bond acceptors (Lipinski definition) is 3. The first kappa shape index (κ1) is 20.1. The Morgan fingerprint density at radius 1 is 1.17 bits per heavy atom. The molecule has 0 aliphatic carbocycles. The largest absolute Gasteiger partial charge is 0.307 e. The fraction of sp³-hybridized carbons (Fsp3) is 0.667. The third kappa shape index (κ3) is 5.90. The van der Waals surface area contributed by atoms with Gasteiger partial charge in [-0.1, -0.05) is 46.8 Å². The second kappa shape index (κ2) is 7.32. The maximum Gasteiger partial charge on any atom is 0.238 e. The van der Waals surface area contributed by atoms with Crippen molar-refractivity contribution in [2.45, 2.75) is 71.9 Å². The summed E-state index contributed by atoms with van der Waals surface area (Å²) >= 11 is 0. The van der Waals surface area contributed by atoms with Crippen LogP contribution in [-0.2, 0) is 10.0 Å². The average molecular weight is 341 g/mol. The fourth-order valence-electron chi connectivity index (χ4n) is 2.73. The zero-order valence-corrected chi connectivity index (χ0v) is 16.3. The molecule has 0 amide bonds. The van der Waals surface area contributed by atoms with Crippen molar-refractivity contribution in [3.63, 3.8) is 0 Å². The molecule has 0 aliphatic rings. The molecule has 1 aromatic carbocycles. The van der Waals surface area contributed by atoms with E-state index in [1.807, 2.05) is 12.1 Å². The van der Waals surface area contributed by atoms with E-state index in [0.717, 1.165) is 12.0 Å². The Morgan fingerprint density at radius 2 is 1.74 bits per heavy atom. The van der Waals surface area contributed by atoms with E-state index in [4.69, 9.17) is 5.14 Å². The van der Waals surface area contributed by atoms with Crippen molar-refractivity contribution in [3.8, 4) is 0 Å². The first-order valence-electron chi connectivity index (χ1n) is 8.21. The third-order valence-electron chi connectivity index (χ3n) is 4.22. The van der Waals surface area contributed by atoms with E-state index in [0.29, 0.717) is 17.5 Å². The lowest BCUT2D eigenvalue weighted by Crippen LogP contribution is -2.42. The van der Waals surface area contributed by atoms with Gasteiger partial charge in [0.15, 0.2) is 0 Å². The highest BCUT2D eigenvalue weighted by atomic mass is 32.2. The van der Waals surface area contributed by atoms with Crippen LogP contribution in [0.15, 0.2) is 23.1 Å². The van der Waals surface area contributed by atoms with Crippen LogP contribution < -0.4 is 10.5 Å². The molecule has 0 radical (unpaired) electrons. The first-order valence-corrected chi connectivity index (χ1v) is 9.76. The van der Waals surface area contributed by atoms with E-state index in [2.05, 4.69) is 46.9 Å². The molecular formula is C18H32N2O2S. The standard InChI is InChI=1S/C18H32N2O2S/c1-12(2)10-17(18(5,6)7)20-14(4)15-9-8-13(3)16(11-15)23(19,21)22/h8-9,11-12,14,17,20H,10H2,1-7H3,(H2,19,21,22)/t14-,17-/m0/s1. The van der Waals surface area contributed by atoms with Crippen LogP contribution in [0.5, 0.6) is 0 Å². The van der Waals surface area contributed by atoms with Crippen LogP contribution in [-0.4, -0.2) is 14.5 Å². The predicted octanol–water partition coefficient (Wildman–Crippen LogP) is 3.75. The Labute approximate surface area is 141 Å². The summed E-state index contributed by atoms with van der Waals surface area (Å²) in [6, 6.07) is 5.88. The minimum absolute atomic E-state index is 0.0547. The van der Waals surface area contributed by atoms with Gasteiger partial charge in [-0.2, -0.15) is 0 Å². The van der Waals surface area contributed by atoms with Crippen molar-refractivity contribution in [1.29, 1.82) is 0 Å². The summed E-state index contributed by atoms with van der Waals surface area (Å²) in [5, 5.41) is 8.98. The van der Waals surface area contributed by atoms with E-state index < -0.39 is 10.0 Å². The maximum atomic E-state index is 11.7. The second-order valence-electron chi connectivity index (χ2n) is 8.01. The van der Waals surface area contributed by atoms with Gasteiger partial charge in [0.2, 0.25) is 10.0 Å². The molecule has 1 aromatic rings. The highest BCUT2D eigenvalue weighted by molar-refractivity contribution is 7.89. The summed E-state index contributed by atoms with van der Waals surface area (Å²) in [5.74, 6) is 0.594. The van der Waals surface area contributed by atoms with Crippen molar-refractivity contribution in [2.75, 3.05) is 0 Å². The lowest BCUT2D eigenvalue weighted by Gasteiger charge is -2.35. The van der Waals surface area contributed by atoms with Crippen LogP contribution in [0.2, 0.25) is 0 Å². The summed E-state index contributed by atoms with van der Waals surface area (Å²) < 4.78 is 23.4. The fourth-order valence-corrected chi connectivity index (χ4v) is 3.55. The summed E-state index contributed by atoms with van der Waals surface area (Å²) in [7, 11) is -3.69. The Hall–Kier alpha value is -0.910. The van der Waals surface area contributed by atoms with Crippen molar-refractivity contribution in [1.82, 2.24) is 5.32 Å². The van der Waals surface area contributed by atoms with Crippen LogP contribution in [0.25, 0.3) is 0 Å². The third-order valence-corrected chi connectivity index (χ3v) is 5.28. The molecule has 0 bridgehead atoms. The van der Waals surface area contributed by atoms with Crippen molar-refractivity contribution in [3.05, 3.63) is 29.3 Å². The molecule has 23 heavy (non-hydrogen) atoms. The molecule has 1 rings (SSSR count). The van der Waals surface area contributed by atoms with Crippen LogP contribution >= 0.6 is 0 Å². The molecule has 0 aliphatic heterocycles. The van der Waals surface area contributed by atoms with E-state index in [-0.39, 0.29) is 16.4 Å². The summed E-state index contributed by atoms with van der Waals surface area (Å²) in [6.07, 6.45) is 1.07. The first-order chi connectivity index (χ1) is 10.3. The smallest absolute Gasteiger partial charge is 0.238 e. The molecule has 2 atom stereocenters. The normalized spacial score (nSPS) is 15.7. The minimum Gasteiger partial charge on any atom is -0.307 e. The number of nitrogens with two attached hydrogens (primary N) is 1. The minimum atomic E-state index is -3.69. The number of aryl methyl sites for hydroxylation is 1. The van der Waals surface area contributed by atoms with Crippen molar-refractivity contribution < 1.29 is 8.42 Å². The number of rotatable bonds is 6. The molecule has 132 valence electrons. The Balaban J connectivity index is 3.07. The Bertz CT molecular complexity index is 631. The van der Waals surface area contributed by atoms with Gasteiger partial charge in [0.25, 0.3) is 0 Å². The molecule has 5 heteroatoms. The molecule has 0 saturated carbocycles. The molecule has 0 spiro atoms. The molecule has 0 unspecified atom stereocenters. The number of hydrogen-bond donors (Lipinski definition) is 2. The van der Waals surface area contributed by atoms with Gasteiger partial charge in [-0.15, -0.1) is 0 Å². The molecule has 3 N–H and O–H groups in total. The molecule has 0 aromatic heterocycles. The monoisotopic (exact) mass is 340 g/mol. The predicted molar refractivity (Wildman–Crippen MR) is 96.8 cm³/mol. The second-order valence-corrected chi connectivity index (χ2v) is 9.54. The van der Waals surface area contributed by atoms with Gasteiger partial charge < -0.3 is 5.32 Å². The highest BCUT2D eigenvalue weighted by Gasteiger charge is 2.27. The maximum absolute atomic E-state index is 11.7. The molecule has 0 heterocycles. The summed E-state index contributed by atoms with van der Waals surface area (Å²) in [5.41, 5.74) is 1.75. The molecule has 4 nitrogen and oxygen atoms in total. The van der Waals surface area contributed by atoms with Gasteiger partial charge in [-0.05, 0) is 48.8 Å². The Morgan fingerprint density at radius 3 is 2.17 bits per heavy atom. The summed E-state index contributed by atoms with van der Waals surface area (Å²) in [4.78, 5) is 0.208. The van der Waals surface area contributed by atoms with Crippen molar-refractivity contribution >= 4 is 10.0 Å². The lowest BCUT2D eigenvalue weighted by atomic mass is 9.81. The number of primary sulfonamides is 1. The van der Waals surface area contributed by atoms with Crippen LogP contribution in [0.1, 0.15) is 65.1 Å². The topological polar surface area (TPSA) is 72.2 Å². The van der Waals surface area contributed by atoms with Gasteiger partial charge >= 0.3 is 0 Å². The highest BCUT2D eigenvalue weighted by Crippen LogP contribution is 2.28. The van der Waals surface area contributed by atoms with Crippen LogP contribution in [0, 0.1) is 18.3 Å². The SMILES string of the molecule is Cc1ccc([C@H](C)N[C@@H](CC(C)C)C(C)(C)C)cc1S(N)(=O)=O. The molecular weight excluding hydrogens is 308 g/mol. The van der Waals surface area contributed by atoms with Crippen LogP contribution in [0.4, 0.5) is 0 Å². The quantitative estimate of drug-likeness (QED) is 0.828. The number of benzene rings is 1. The molecule has 0 saturated heterocycles. The lowest BCUT2D eigenvalue weighted by molar-refractivity contribution is 0.218. The number of nitrogens with one attached hydrogen (secondary N) is 1. The summed E-state index contributed by atoms with van der Waals surface area (Å²) in [6.45, 7) is 14.9. The zero-order valence-electron chi connectivity index (χ0n) is 15.5. The average Bonchev–Trinajstić information content (AvgIpc) is 2.35. The van der Waals surface area contributed by atoms with E-state index in [9.17, 15) is 8.42 Å².